The van der Waals surface area contributed by atoms with Crippen LogP contribution in [0.3, 0.4) is 0 Å². The molecule has 2 aromatic rings. The molecule has 0 saturated carbocycles. The Hall–Kier alpha value is -2.53. The van der Waals surface area contributed by atoms with Gasteiger partial charge < -0.3 is 10.8 Å². The Labute approximate surface area is 140 Å². The molecule has 1 unspecified atom stereocenters. The SMILES string of the molecule is N#C/C(=C\c1ccc(C(N)CCO)cc1)S(=O)(=O)c1ccccn1. The molecule has 1 heterocycles. The van der Waals surface area contributed by atoms with Crippen molar-refractivity contribution in [1.82, 2.24) is 4.98 Å². The first kappa shape index (κ1) is 17.8. The Bertz CT molecular complexity index is 854. The fraction of sp³-hybridized carbons (Fsp3) is 0.176. The lowest BCUT2D eigenvalue weighted by molar-refractivity contribution is 0.276. The van der Waals surface area contributed by atoms with Crippen LogP contribution in [0.2, 0.25) is 0 Å². The molecule has 1 atom stereocenters. The molecule has 3 N–H and O–H groups in total. The first-order chi connectivity index (χ1) is 11.5. The largest absolute Gasteiger partial charge is 0.396 e. The summed E-state index contributed by atoms with van der Waals surface area (Å²) in [5, 5.41) is 18.0. The van der Waals surface area contributed by atoms with E-state index >= 15 is 0 Å². The van der Waals surface area contributed by atoms with E-state index in [2.05, 4.69) is 4.98 Å². The number of pyridine rings is 1. The minimum absolute atomic E-state index is 0.0102. The van der Waals surface area contributed by atoms with Gasteiger partial charge in [0.15, 0.2) is 9.93 Å². The van der Waals surface area contributed by atoms with E-state index in [-0.39, 0.29) is 22.6 Å². The lowest BCUT2D eigenvalue weighted by atomic mass is 10.0. The number of aliphatic hydroxyl groups is 1. The molecule has 0 aliphatic rings. The molecule has 6 nitrogen and oxygen atoms in total. The van der Waals surface area contributed by atoms with E-state index in [1.165, 1.54) is 18.3 Å². The highest BCUT2D eigenvalue weighted by Crippen LogP contribution is 2.21. The van der Waals surface area contributed by atoms with Crippen molar-refractivity contribution >= 4 is 15.9 Å². The van der Waals surface area contributed by atoms with Crippen LogP contribution in [0.15, 0.2) is 58.6 Å². The molecule has 1 aromatic heterocycles. The number of rotatable bonds is 6. The van der Waals surface area contributed by atoms with Crippen LogP contribution in [0.4, 0.5) is 0 Å². The van der Waals surface area contributed by atoms with Crippen molar-refractivity contribution in [3.05, 3.63) is 64.7 Å². The number of hydrogen-bond acceptors (Lipinski definition) is 6. The molecule has 0 saturated heterocycles. The van der Waals surface area contributed by atoms with Gasteiger partial charge in [-0.15, -0.1) is 0 Å². The van der Waals surface area contributed by atoms with Crippen molar-refractivity contribution in [3.8, 4) is 6.07 Å². The molecule has 0 spiro atoms. The number of nitrogens with zero attached hydrogens (tertiary/aromatic N) is 2. The lowest BCUT2D eigenvalue weighted by Crippen LogP contribution is -2.11. The van der Waals surface area contributed by atoms with Gasteiger partial charge in [-0.05, 0) is 35.8 Å². The van der Waals surface area contributed by atoms with E-state index in [4.69, 9.17) is 10.8 Å². The summed E-state index contributed by atoms with van der Waals surface area (Å²) in [6, 6.07) is 12.8. The van der Waals surface area contributed by atoms with Gasteiger partial charge in [-0.3, -0.25) is 0 Å². The fourth-order valence-electron chi connectivity index (χ4n) is 2.09. The summed E-state index contributed by atoms with van der Waals surface area (Å²) in [7, 11) is -3.95. The third-order valence-electron chi connectivity index (χ3n) is 3.42. The van der Waals surface area contributed by atoms with E-state index in [1.807, 2.05) is 0 Å². The highest BCUT2D eigenvalue weighted by atomic mass is 32.2. The molecule has 7 heteroatoms. The topological polar surface area (TPSA) is 117 Å². The van der Waals surface area contributed by atoms with Gasteiger partial charge in [0.1, 0.15) is 6.07 Å². The predicted molar refractivity (Wildman–Crippen MR) is 90.1 cm³/mol. The second-order valence-corrected chi connectivity index (χ2v) is 6.94. The highest BCUT2D eigenvalue weighted by molar-refractivity contribution is 7.95. The second-order valence-electron chi connectivity index (χ2n) is 5.08. The first-order valence-corrected chi connectivity index (χ1v) is 8.71. The predicted octanol–water partition coefficient (Wildman–Crippen LogP) is 1.80. The maximum atomic E-state index is 12.4. The van der Waals surface area contributed by atoms with Gasteiger partial charge >= 0.3 is 0 Å². The van der Waals surface area contributed by atoms with Crippen molar-refractivity contribution in [1.29, 1.82) is 5.26 Å². The second kappa shape index (κ2) is 7.84. The molecule has 0 radical (unpaired) electrons. The monoisotopic (exact) mass is 343 g/mol. The Morgan fingerprint density at radius 1 is 1.29 bits per heavy atom. The molecule has 1 aromatic carbocycles. The molecule has 124 valence electrons. The van der Waals surface area contributed by atoms with Crippen molar-refractivity contribution in [2.75, 3.05) is 6.61 Å². The van der Waals surface area contributed by atoms with Crippen LogP contribution >= 0.6 is 0 Å². The van der Waals surface area contributed by atoms with Gasteiger partial charge in [-0.25, -0.2) is 13.4 Å². The molecular formula is C17H17N3O3S. The molecule has 0 aliphatic carbocycles. The highest BCUT2D eigenvalue weighted by Gasteiger charge is 2.21. The standard InChI is InChI=1S/C17H17N3O3S/c18-12-15(24(22,23)17-3-1-2-9-20-17)11-13-4-6-14(7-5-13)16(19)8-10-21/h1-7,9,11,16,21H,8,10,19H2/b15-11+. The van der Waals surface area contributed by atoms with Gasteiger partial charge in [0.05, 0.1) is 0 Å². The van der Waals surface area contributed by atoms with Crippen molar-refractivity contribution in [2.45, 2.75) is 17.5 Å². The number of allylic oxidation sites excluding steroid dienone is 1. The zero-order valence-corrected chi connectivity index (χ0v) is 13.6. The Morgan fingerprint density at radius 3 is 2.54 bits per heavy atom. The fourth-order valence-corrected chi connectivity index (χ4v) is 3.18. The number of hydrogen-bond donors (Lipinski definition) is 2. The van der Waals surface area contributed by atoms with Crippen molar-refractivity contribution in [3.63, 3.8) is 0 Å². The number of aromatic nitrogens is 1. The summed E-state index contributed by atoms with van der Waals surface area (Å²) >= 11 is 0. The number of aliphatic hydroxyl groups excluding tert-OH is 1. The van der Waals surface area contributed by atoms with Crippen molar-refractivity contribution < 1.29 is 13.5 Å². The zero-order chi connectivity index (χ0) is 17.6. The maximum Gasteiger partial charge on any atom is 0.233 e. The minimum Gasteiger partial charge on any atom is -0.396 e. The van der Waals surface area contributed by atoms with Gasteiger partial charge in [0.2, 0.25) is 9.84 Å². The normalized spacial score (nSPS) is 13.3. The summed E-state index contributed by atoms with van der Waals surface area (Å²) in [6.07, 6.45) is 3.09. The maximum absolute atomic E-state index is 12.4. The average Bonchev–Trinajstić information content (AvgIpc) is 2.61. The summed E-state index contributed by atoms with van der Waals surface area (Å²) in [5.41, 5.74) is 7.28. The van der Waals surface area contributed by atoms with Crippen molar-refractivity contribution in [2.24, 2.45) is 5.73 Å². The van der Waals surface area contributed by atoms with Crippen LogP contribution in [0.25, 0.3) is 6.08 Å². The van der Waals surface area contributed by atoms with Crippen LogP contribution < -0.4 is 5.73 Å². The smallest absolute Gasteiger partial charge is 0.233 e. The molecule has 0 aliphatic heterocycles. The molecule has 0 bridgehead atoms. The zero-order valence-electron chi connectivity index (χ0n) is 12.8. The van der Waals surface area contributed by atoms with Gasteiger partial charge in [-0.2, -0.15) is 5.26 Å². The van der Waals surface area contributed by atoms with Crippen LogP contribution in [0.5, 0.6) is 0 Å². The minimum atomic E-state index is -3.95. The van der Waals surface area contributed by atoms with Crippen LogP contribution in [0.1, 0.15) is 23.6 Å². The summed E-state index contributed by atoms with van der Waals surface area (Å²) in [4.78, 5) is 3.42. The number of nitriles is 1. The number of benzene rings is 1. The molecule has 2 rings (SSSR count). The summed E-state index contributed by atoms with van der Waals surface area (Å²) < 4.78 is 24.9. The van der Waals surface area contributed by atoms with E-state index in [0.717, 1.165) is 5.56 Å². The van der Waals surface area contributed by atoms with E-state index in [0.29, 0.717) is 12.0 Å². The summed E-state index contributed by atoms with van der Waals surface area (Å²) in [5.74, 6) is 0. The Kier molecular flexibility index (Phi) is 5.82. The first-order valence-electron chi connectivity index (χ1n) is 7.23. The van der Waals surface area contributed by atoms with E-state index in [1.54, 1.807) is 42.5 Å². The van der Waals surface area contributed by atoms with Gasteiger partial charge in [0, 0.05) is 18.8 Å². The molecular weight excluding hydrogens is 326 g/mol. The Balaban J connectivity index is 2.33. The summed E-state index contributed by atoms with van der Waals surface area (Å²) in [6.45, 7) is -0.0102. The van der Waals surface area contributed by atoms with E-state index < -0.39 is 9.84 Å². The van der Waals surface area contributed by atoms with Gasteiger partial charge in [0.25, 0.3) is 0 Å². The molecule has 0 amide bonds. The van der Waals surface area contributed by atoms with Gasteiger partial charge in [-0.1, -0.05) is 30.3 Å². The number of nitrogens with two attached hydrogens (primary N) is 1. The lowest BCUT2D eigenvalue weighted by Gasteiger charge is -2.10. The van der Waals surface area contributed by atoms with Crippen LogP contribution in [-0.4, -0.2) is 25.1 Å². The third kappa shape index (κ3) is 4.06. The molecule has 24 heavy (non-hydrogen) atoms. The van der Waals surface area contributed by atoms with Crippen LogP contribution in [0, 0.1) is 11.3 Å². The quantitative estimate of drug-likeness (QED) is 0.772. The Morgan fingerprint density at radius 2 is 2.00 bits per heavy atom. The van der Waals surface area contributed by atoms with E-state index in [9.17, 15) is 13.7 Å². The van der Waals surface area contributed by atoms with Crippen LogP contribution in [-0.2, 0) is 9.84 Å². The average molecular weight is 343 g/mol. The molecule has 0 fully saturated rings. The number of sulfone groups is 1. The third-order valence-corrected chi connectivity index (χ3v) is 5.00.